The zero-order valence-electron chi connectivity index (χ0n) is 8.57. The van der Waals surface area contributed by atoms with Gasteiger partial charge in [-0.15, -0.1) is 0 Å². The van der Waals surface area contributed by atoms with Crippen LogP contribution in [0.3, 0.4) is 0 Å². The summed E-state index contributed by atoms with van der Waals surface area (Å²) in [5.74, 6) is -0.511. The van der Waals surface area contributed by atoms with Gasteiger partial charge in [0.2, 0.25) is 5.60 Å². The number of hydrogen-bond acceptors (Lipinski definition) is 4. The summed E-state index contributed by atoms with van der Waals surface area (Å²) in [7, 11) is 0. The lowest BCUT2D eigenvalue weighted by molar-refractivity contribution is -0.133. The molecular weight excluding hydrogens is 290 g/mol. The summed E-state index contributed by atoms with van der Waals surface area (Å²) in [4.78, 5) is 23.0. The van der Waals surface area contributed by atoms with E-state index in [0.29, 0.717) is 11.1 Å². The van der Waals surface area contributed by atoms with E-state index >= 15 is 0 Å². The van der Waals surface area contributed by atoms with Crippen molar-refractivity contribution in [1.82, 2.24) is 5.32 Å². The molecule has 6 heteroatoms. The maximum absolute atomic E-state index is 11.8. The van der Waals surface area contributed by atoms with Crippen molar-refractivity contribution in [3.05, 3.63) is 33.8 Å². The fourth-order valence-corrected chi connectivity index (χ4v) is 2.78. The fraction of sp³-hybridized carbons (Fsp3) is 0.273. The zero-order chi connectivity index (χ0) is 12.2. The number of benzene rings is 1. The van der Waals surface area contributed by atoms with Crippen molar-refractivity contribution < 1.29 is 19.4 Å². The van der Waals surface area contributed by atoms with E-state index in [9.17, 15) is 14.7 Å². The maximum Gasteiger partial charge on any atom is 0.415 e. The molecule has 5 nitrogen and oxygen atoms in total. The quantitative estimate of drug-likeness (QED) is 0.758. The molecule has 2 unspecified atom stereocenters. The van der Waals surface area contributed by atoms with Gasteiger partial charge in [-0.25, -0.2) is 4.79 Å². The highest BCUT2D eigenvalue weighted by molar-refractivity contribution is 9.10. The Morgan fingerprint density at radius 2 is 2.24 bits per heavy atom. The zero-order valence-corrected chi connectivity index (χ0v) is 10.2. The number of amides is 2. The van der Waals surface area contributed by atoms with Gasteiger partial charge in [0.05, 0.1) is 6.10 Å². The van der Waals surface area contributed by atoms with Gasteiger partial charge in [-0.3, -0.25) is 10.1 Å². The average Bonchev–Trinajstić information content (AvgIpc) is 2.67. The second-order valence-corrected chi connectivity index (χ2v) is 5.04. The fourth-order valence-electron chi connectivity index (χ4n) is 2.40. The molecule has 0 radical (unpaired) electrons. The lowest BCUT2D eigenvalue weighted by atomic mass is 9.95. The molecule has 2 N–H and O–H groups in total. The third kappa shape index (κ3) is 1.34. The van der Waals surface area contributed by atoms with Crippen LogP contribution in [0, 0.1) is 0 Å². The molecule has 1 saturated heterocycles. The first-order valence-corrected chi connectivity index (χ1v) is 5.85. The number of fused-ring (bicyclic) bond motifs is 2. The second-order valence-electron chi connectivity index (χ2n) is 4.12. The SMILES string of the molecule is O=C1NC(=O)C2(CC(O)c3cc(Br)ccc32)O1. The van der Waals surface area contributed by atoms with E-state index in [1.165, 1.54) is 0 Å². The molecule has 3 rings (SSSR count). The minimum absolute atomic E-state index is 0.0658. The maximum atomic E-state index is 11.8. The number of alkyl carbamates (subject to hydrolysis) is 1. The van der Waals surface area contributed by atoms with Crippen molar-refractivity contribution in [3.63, 3.8) is 0 Å². The van der Waals surface area contributed by atoms with Gasteiger partial charge in [0.1, 0.15) is 0 Å². The van der Waals surface area contributed by atoms with Gasteiger partial charge >= 0.3 is 6.09 Å². The van der Waals surface area contributed by atoms with E-state index < -0.39 is 23.7 Å². The van der Waals surface area contributed by atoms with Crippen molar-refractivity contribution in [2.45, 2.75) is 18.1 Å². The minimum atomic E-state index is -1.35. The van der Waals surface area contributed by atoms with Crippen LogP contribution >= 0.6 is 15.9 Å². The van der Waals surface area contributed by atoms with Crippen LogP contribution in [-0.2, 0) is 15.1 Å². The van der Waals surface area contributed by atoms with Gasteiger partial charge in [-0.05, 0) is 17.7 Å². The molecule has 0 saturated carbocycles. The molecule has 1 aromatic rings. The number of halogens is 1. The Labute approximate surface area is 105 Å². The highest BCUT2D eigenvalue weighted by Crippen LogP contribution is 2.48. The van der Waals surface area contributed by atoms with E-state index in [2.05, 4.69) is 21.2 Å². The number of rotatable bonds is 0. The lowest BCUT2D eigenvalue weighted by Gasteiger charge is -2.19. The standard InChI is InChI=1S/C11H8BrNO4/c12-5-1-2-7-6(3-5)8(14)4-11(7)9(15)13-10(16)17-11/h1-3,8,14H,4H2,(H,13,15,16). The van der Waals surface area contributed by atoms with Crippen LogP contribution in [0.15, 0.2) is 22.7 Å². The van der Waals surface area contributed by atoms with E-state index in [1.54, 1.807) is 18.2 Å². The van der Waals surface area contributed by atoms with Crippen LogP contribution in [-0.4, -0.2) is 17.1 Å². The van der Waals surface area contributed by atoms with Crippen molar-refractivity contribution >= 4 is 27.9 Å². The normalized spacial score (nSPS) is 30.4. The average molecular weight is 298 g/mol. The highest BCUT2D eigenvalue weighted by Gasteiger charge is 2.56. The molecule has 0 bridgehead atoms. The molecule has 2 amide bonds. The minimum Gasteiger partial charge on any atom is -0.427 e. The number of hydrogen-bond donors (Lipinski definition) is 2. The Bertz CT molecular complexity index is 544. The Morgan fingerprint density at radius 1 is 1.47 bits per heavy atom. The van der Waals surface area contributed by atoms with Crippen LogP contribution in [0.5, 0.6) is 0 Å². The van der Waals surface area contributed by atoms with Gasteiger partial charge in [0.15, 0.2) is 0 Å². The number of nitrogens with one attached hydrogen (secondary N) is 1. The number of imide groups is 1. The third-order valence-corrected chi connectivity index (χ3v) is 3.63. The molecule has 17 heavy (non-hydrogen) atoms. The molecule has 1 aliphatic heterocycles. The topological polar surface area (TPSA) is 75.6 Å². The Hall–Kier alpha value is -1.40. The third-order valence-electron chi connectivity index (χ3n) is 3.14. The molecule has 1 aromatic carbocycles. The van der Waals surface area contributed by atoms with Gasteiger partial charge in [0.25, 0.3) is 5.91 Å². The number of carbonyl (C=O) groups is 2. The molecule has 1 fully saturated rings. The van der Waals surface area contributed by atoms with Crippen molar-refractivity contribution in [3.8, 4) is 0 Å². The van der Waals surface area contributed by atoms with E-state index in [4.69, 9.17) is 4.74 Å². The first-order valence-electron chi connectivity index (χ1n) is 5.05. The summed E-state index contributed by atoms with van der Waals surface area (Å²) in [5.41, 5.74) is -0.187. The molecule has 88 valence electrons. The van der Waals surface area contributed by atoms with Crippen molar-refractivity contribution in [1.29, 1.82) is 0 Å². The van der Waals surface area contributed by atoms with Gasteiger partial charge in [-0.1, -0.05) is 22.0 Å². The van der Waals surface area contributed by atoms with Gasteiger partial charge in [0, 0.05) is 16.5 Å². The Kier molecular flexibility index (Phi) is 2.08. The van der Waals surface area contributed by atoms with Crippen LogP contribution in [0.1, 0.15) is 23.7 Å². The number of aliphatic hydroxyl groups is 1. The van der Waals surface area contributed by atoms with Gasteiger partial charge < -0.3 is 9.84 Å². The summed E-state index contributed by atoms with van der Waals surface area (Å²) in [6.45, 7) is 0. The molecule has 2 atom stereocenters. The molecule has 0 aromatic heterocycles. The number of ether oxygens (including phenoxy) is 1. The Balaban J connectivity index is 2.19. The van der Waals surface area contributed by atoms with E-state index in [1.807, 2.05) is 0 Å². The largest absolute Gasteiger partial charge is 0.427 e. The van der Waals surface area contributed by atoms with Crippen LogP contribution in [0.2, 0.25) is 0 Å². The summed E-state index contributed by atoms with van der Waals surface area (Å²) in [6, 6.07) is 5.17. The van der Waals surface area contributed by atoms with Gasteiger partial charge in [-0.2, -0.15) is 0 Å². The summed E-state index contributed by atoms with van der Waals surface area (Å²) < 4.78 is 5.89. The van der Waals surface area contributed by atoms with E-state index in [0.717, 1.165) is 4.47 Å². The van der Waals surface area contributed by atoms with E-state index in [-0.39, 0.29) is 6.42 Å². The summed E-state index contributed by atoms with van der Waals surface area (Å²) >= 11 is 3.30. The predicted molar refractivity (Wildman–Crippen MR) is 60.0 cm³/mol. The summed E-state index contributed by atoms with van der Waals surface area (Å²) in [5, 5.41) is 12.0. The molecule has 1 spiro atoms. The summed E-state index contributed by atoms with van der Waals surface area (Å²) in [6.07, 6.45) is -1.51. The second kappa shape index (κ2) is 3.30. The number of carbonyl (C=O) groups excluding carboxylic acids is 2. The van der Waals surface area contributed by atoms with Crippen molar-refractivity contribution in [2.75, 3.05) is 0 Å². The number of aliphatic hydroxyl groups excluding tert-OH is 1. The molecule has 2 aliphatic rings. The molecule has 1 aliphatic carbocycles. The monoisotopic (exact) mass is 297 g/mol. The molecular formula is C11H8BrNO4. The van der Waals surface area contributed by atoms with Crippen LogP contribution < -0.4 is 5.32 Å². The first-order chi connectivity index (χ1) is 8.03. The first kappa shape index (κ1) is 10.7. The highest BCUT2D eigenvalue weighted by atomic mass is 79.9. The van der Waals surface area contributed by atoms with Crippen LogP contribution in [0.4, 0.5) is 4.79 Å². The predicted octanol–water partition coefficient (Wildman–Crippen LogP) is 1.35. The Morgan fingerprint density at radius 3 is 2.88 bits per heavy atom. The van der Waals surface area contributed by atoms with Crippen molar-refractivity contribution in [2.24, 2.45) is 0 Å². The lowest BCUT2D eigenvalue weighted by Crippen LogP contribution is -2.34. The molecule has 1 heterocycles. The van der Waals surface area contributed by atoms with Crippen LogP contribution in [0.25, 0.3) is 0 Å². The smallest absolute Gasteiger partial charge is 0.415 e.